The Morgan fingerprint density at radius 1 is 1.11 bits per heavy atom. The van der Waals surface area contributed by atoms with E-state index in [0.29, 0.717) is 39.1 Å². The maximum absolute atomic E-state index is 12.6. The number of benzene rings is 3. The first kappa shape index (κ1) is 23.2. The molecule has 0 aliphatic carbocycles. The summed E-state index contributed by atoms with van der Waals surface area (Å²) in [6.07, 6.45) is 1.63. The number of nitriles is 1. The van der Waals surface area contributed by atoms with E-state index in [1.54, 1.807) is 42.5 Å². The minimum absolute atomic E-state index is 0.0801. The number of furan rings is 1. The van der Waals surface area contributed by atoms with Crippen LogP contribution < -0.4 is 0 Å². The van der Waals surface area contributed by atoms with Crippen molar-refractivity contribution in [3.63, 3.8) is 0 Å². The Morgan fingerprint density at radius 2 is 1.97 bits per heavy atom. The van der Waals surface area contributed by atoms with E-state index >= 15 is 0 Å². The lowest BCUT2D eigenvalue weighted by molar-refractivity contribution is 0.0473. The molecular formula is C29H20ClN3O3. The molecule has 36 heavy (non-hydrogen) atoms. The molecule has 0 aliphatic heterocycles. The summed E-state index contributed by atoms with van der Waals surface area (Å²) in [5.41, 5.74) is 4.94. The Labute approximate surface area is 212 Å². The molecule has 2 aromatic heterocycles. The van der Waals surface area contributed by atoms with Crippen LogP contribution in [0.1, 0.15) is 33.1 Å². The number of rotatable bonds is 6. The van der Waals surface area contributed by atoms with E-state index in [1.807, 2.05) is 49.4 Å². The first-order chi connectivity index (χ1) is 17.5. The maximum atomic E-state index is 12.6. The molecule has 176 valence electrons. The fourth-order valence-electron chi connectivity index (χ4n) is 3.77. The fourth-order valence-corrected chi connectivity index (χ4v) is 3.96. The molecule has 7 heteroatoms. The van der Waals surface area contributed by atoms with E-state index in [1.165, 1.54) is 0 Å². The van der Waals surface area contributed by atoms with Gasteiger partial charge in [-0.25, -0.2) is 9.78 Å². The summed E-state index contributed by atoms with van der Waals surface area (Å²) >= 11 is 6.14. The summed E-state index contributed by atoms with van der Waals surface area (Å²) in [7, 11) is 0. The molecule has 1 N–H and O–H groups in total. The highest BCUT2D eigenvalue weighted by Gasteiger charge is 2.13. The Bertz CT molecular complexity index is 1660. The third kappa shape index (κ3) is 4.92. The predicted octanol–water partition coefficient (Wildman–Crippen LogP) is 7.21. The van der Waals surface area contributed by atoms with Crippen LogP contribution in [0.2, 0.25) is 5.02 Å². The summed E-state index contributed by atoms with van der Waals surface area (Å²) in [6.45, 7) is 2.08. The zero-order valence-corrected chi connectivity index (χ0v) is 20.0. The van der Waals surface area contributed by atoms with Crippen LogP contribution in [0.3, 0.4) is 0 Å². The second kappa shape index (κ2) is 9.95. The SMILES string of the molecule is Cc1ccc2nc(/C(C#N)=C\c3ccc(-c4cccc(C(=O)OCc5ccccc5Cl)c4)o3)[nH]c2c1. The van der Waals surface area contributed by atoms with Gasteiger partial charge in [-0.05, 0) is 55.0 Å². The lowest BCUT2D eigenvalue weighted by atomic mass is 10.1. The van der Waals surface area contributed by atoms with E-state index in [-0.39, 0.29) is 6.61 Å². The normalized spacial score (nSPS) is 11.4. The lowest BCUT2D eigenvalue weighted by Gasteiger charge is -2.07. The van der Waals surface area contributed by atoms with Gasteiger partial charge in [0.15, 0.2) is 0 Å². The largest absolute Gasteiger partial charge is 0.457 e. The Balaban J connectivity index is 1.35. The van der Waals surface area contributed by atoms with Gasteiger partial charge in [-0.15, -0.1) is 0 Å². The monoisotopic (exact) mass is 493 g/mol. The quantitative estimate of drug-likeness (QED) is 0.199. The number of allylic oxidation sites excluding steroid dienone is 1. The van der Waals surface area contributed by atoms with Gasteiger partial charge in [0, 0.05) is 22.2 Å². The van der Waals surface area contributed by atoms with Crippen molar-refractivity contribution in [3.8, 4) is 17.4 Å². The zero-order valence-electron chi connectivity index (χ0n) is 19.3. The molecule has 0 fully saturated rings. The molecule has 5 rings (SSSR count). The molecule has 0 saturated carbocycles. The van der Waals surface area contributed by atoms with Crippen molar-refractivity contribution in [1.29, 1.82) is 5.26 Å². The Morgan fingerprint density at radius 3 is 2.81 bits per heavy atom. The first-order valence-electron chi connectivity index (χ1n) is 11.2. The van der Waals surface area contributed by atoms with E-state index < -0.39 is 5.97 Å². The average molecular weight is 494 g/mol. The van der Waals surface area contributed by atoms with E-state index in [9.17, 15) is 10.1 Å². The number of aryl methyl sites for hydroxylation is 1. The second-order valence-electron chi connectivity index (χ2n) is 8.23. The van der Waals surface area contributed by atoms with Crippen molar-refractivity contribution < 1.29 is 13.9 Å². The first-order valence-corrected chi connectivity index (χ1v) is 11.6. The van der Waals surface area contributed by atoms with E-state index in [2.05, 4.69) is 16.0 Å². The minimum Gasteiger partial charge on any atom is -0.457 e. The number of aromatic nitrogens is 2. The van der Waals surface area contributed by atoms with Crippen LogP contribution in [0.5, 0.6) is 0 Å². The van der Waals surface area contributed by atoms with Gasteiger partial charge < -0.3 is 14.1 Å². The van der Waals surface area contributed by atoms with Gasteiger partial charge in [0.2, 0.25) is 0 Å². The molecule has 6 nitrogen and oxygen atoms in total. The fraction of sp³-hybridized carbons (Fsp3) is 0.0690. The molecule has 2 heterocycles. The minimum atomic E-state index is -0.463. The Hall–Kier alpha value is -4.60. The van der Waals surface area contributed by atoms with Crippen LogP contribution in [-0.2, 0) is 11.3 Å². The van der Waals surface area contributed by atoms with Crippen LogP contribution in [0, 0.1) is 18.3 Å². The van der Waals surface area contributed by atoms with Gasteiger partial charge in [-0.2, -0.15) is 5.26 Å². The van der Waals surface area contributed by atoms with Gasteiger partial charge in [0.05, 0.1) is 22.2 Å². The van der Waals surface area contributed by atoms with Crippen molar-refractivity contribution >= 4 is 40.3 Å². The van der Waals surface area contributed by atoms with Gasteiger partial charge in [0.25, 0.3) is 0 Å². The third-order valence-corrected chi connectivity index (χ3v) is 5.99. The van der Waals surface area contributed by atoms with Gasteiger partial charge >= 0.3 is 5.97 Å². The third-order valence-electron chi connectivity index (χ3n) is 5.63. The number of hydrogen-bond donors (Lipinski definition) is 1. The molecule has 0 spiro atoms. The van der Waals surface area contributed by atoms with Crippen LogP contribution in [0.4, 0.5) is 0 Å². The van der Waals surface area contributed by atoms with Crippen molar-refractivity contribution in [2.75, 3.05) is 0 Å². The summed E-state index contributed by atoms with van der Waals surface area (Å²) in [6, 6.07) is 25.8. The zero-order chi connectivity index (χ0) is 25.1. The number of ether oxygens (including phenoxy) is 1. The summed E-state index contributed by atoms with van der Waals surface area (Å²) in [4.78, 5) is 20.3. The van der Waals surface area contributed by atoms with E-state index in [4.69, 9.17) is 20.8 Å². The molecule has 0 unspecified atom stereocenters. The van der Waals surface area contributed by atoms with Gasteiger partial charge in [-0.3, -0.25) is 0 Å². The standard InChI is InChI=1S/C29H20ClN3O3/c1-18-9-11-25-26(13-18)33-28(32-25)22(16-31)15-23-10-12-27(36-23)19-6-4-7-20(14-19)29(34)35-17-21-5-2-3-8-24(21)30/h2-15H,17H2,1H3,(H,32,33)/b22-15-. The predicted molar refractivity (Wildman–Crippen MR) is 139 cm³/mol. The number of carbonyl (C=O) groups excluding carboxylic acids is 1. The second-order valence-corrected chi connectivity index (χ2v) is 8.63. The number of esters is 1. The van der Waals surface area contributed by atoms with Crippen LogP contribution in [-0.4, -0.2) is 15.9 Å². The average Bonchev–Trinajstić information content (AvgIpc) is 3.53. The van der Waals surface area contributed by atoms with Gasteiger partial charge in [-0.1, -0.05) is 48.0 Å². The van der Waals surface area contributed by atoms with Crippen LogP contribution >= 0.6 is 11.6 Å². The number of nitrogens with one attached hydrogen (secondary N) is 1. The summed E-state index contributed by atoms with van der Waals surface area (Å²) < 4.78 is 11.4. The topological polar surface area (TPSA) is 91.9 Å². The molecular weight excluding hydrogens is 474 g/mol. The van der Waals surface area contributed by atoms with Crippen LogP contribution in [0.15, 0.2) is 83.3 Å². The van der Waals surface area contributed by atoms with Crippen molar-refractivity contribution in [2.45, 2.75) is 13.5 Å². The number of halogens is 1. The molecule has 3 aromatic carbocycles. The highest BCUT2D eigenvalue weighted by atomic mass is 35.5. The number of fused-ring (bicyclic) bond motifs is 1. The summed E-state index contributed by atoms with van der Waals surface area (Å²) in [5.74, 6) is 1.05. The molecule has 0 radical (unpaired) electrons. The van der Waals surface area contributed by atoms with Crippen molar-refractivity contribution in [3.05, 3.63) is 112 Å². The molecule has 0 aliphatic rings. The number of hydrogen-bond acceptors (Lipinski definition) is 5. The highest BCUT2D eigenvalue weighted by molar-refractivity contribution is 6.31. The Kier molecular flexibility index (Phi) is 6.40. The number of nitrogens with zero attached hydrogens (tertiary/aromatic N) is 2. The number of carbonyl (C=O) groups is 1. The maximum Gasteiger partial charge on any atom is 0.338 e. The number of imidazole rings is 1. The summed E-state index contributed by atoms with van der Waals surface area (Å²) in [5, 5.41) is 10.3. The molecule has 0 amide bonds. The highest BCUT2D eigenvalue weighted by Crippen LogP contribution is 2.27. The van der Waals surface area contributed by atoms with Crippen molar-refractivity contribution in [1.82, 2.24) is 9.97 Å². The molecule has 0 atom stereocenters. The number of H-pyrrole nitrogens is 1. The molecule has 5 aromatic rings. The number of aromatic amines is 1. The van der Waals surface area contributed by atoms with Crippen LogP contribution in [0.25, 0.3) is 34.0 Å². The lowest BCUT2D eigenvalue weighted by Crippen LogP contribution is -2.05. The van der Waals surface area contributed by atoms with Gasteiger partial charge in [0.1, 0.15) is 30.0 Å². The molecule has 0 bridgehead atoms. The molecule has 0 saturated heterocycles. The smallest absolute Gasteiger partial charge is 0.338 e. The van der Waals surface area contributed by atoms with Crippen molar-refractivity contribution in [2.24, 2.45) is 0 Å². The van der Waals surface area contributed by atoms with E-state index in [0.717, 1.165) is 22.2 Å².